The summed E-state index contributed by atoms with van der Waals surface area (Å²) in [5.41, 5.74) is 2.38. The number of carbonyl (C=O) groups is 2. The lowest BCUT2D eigenvalue weighted by Gasteiger charge is -2.09. The maximum atomic E-state index is 12.1. The third-order valence-corrected chi connectivity index (χ3v) is 4.52. The molecule has 0 radical (unpaired) electrons. The van der Waals surface area contributed by atoms with E-state index in [1.54, 1.807) is 38.1 Å². The van der Waals surface area contributed by atoms with Crippen LogP contribution in [0.3, 0.4) is 0 Å². The van der Waals surface area contributed by atoms with Crippen LogP contribution in [0, 0.1) is 6.92 Å². The maximum absolute atomic E-state index is 12.1. The molecule has 7 nitrogen and oxygen atoms in total. The van der Waals surface area contributed by atoms with Gasteiger partial charge in [0.05, 0.1) is 5.75 Å². The highest BCUT2D eigenvalue weighted by atomic mass is 32.2. The number of rotatable bonds is 7. The van der Waals surface area contributed by atoms with Gasteiger partial charge in [0.15, 0.2) is 5.16 Å². The second-order valence-corrected chi connectivity index (χ2v) is 6.57. The van der Waals surface area contributed by atoms with Gasteiger partial charge in [-0.15, -0.1) is 0 Å². The van der Waals surface area contributed by atoms with Gasteiger partial charge in [-0.3, -0.25) is 14.4 Å². The fraction of sp³-hybridized carbons (Fsp3) is 0.333. The molecule has 2 rings (SSSR count). The van der Waals surface area contributed by atoms with Crippen molar-refractivity contribution in [2.75, 3.05) is 16.4 Å². The van der Waals surface area contributed by atoms with Crippen LogP contribution in [0.5, 0.6) is 0 Å². The minimum atomic E-state index is -0.228. The molecule has 0 saturated carbocycles. The number of H-pyrrole nitrogens is 1. The summed E-state index contributed by atoms with van der Waals surface area (Å²) in [5, 5.41) is 5.93. The van der Waals surface area contributed by atoms with Crippen LogP contribution in [0.15, 0.2) is 34.2 Å². The number of thioether (sulfide) groups is 1. The first-order chi connectivity index (χ1) is 12.4. The van der Waals surface area contributed by atoms with E-state index in [9.17, 15) is 14.4 Å². The summed E-state index contributed by atoms with van der Waals surface area (Å²) < 4.78 is 0. The average molecular weight is 374 g/mol. The van der Waals surface area contributed by atoms with Crippen LogP contribution in [-0.4, -0.2) is 27.5 Å². The molecule has 0 spiro atoms. The summed E-state index contributed by atoms with van der Waals surface area (Å²) in [6.07, 6.45) is 0.999. The van der Waals surface area contributed by atoms with Gasteiger partial charge in [0, 0.05) is 29.1 Å². The molecule has 1 heterocycles. The molecule has 0 bridgehead atoms. The highest BCUT2D eigenvalue weighted by Gasteiger charge is 2.10. The van der Waals surface area contributed by atoms with Crippen molar-refractivity contribution in [3.05, 3.63) is 45.9 Å². The summed E-state index contributed by atoms with van der Waals surface area (Å²) in [6.45, 7) is 5.45. The third kappa shape index (κ3) is 5.45. The van der Waals surface area contributed by atoms with Gasteiger partial charge < -0.3 is 15.6 Å². The number of nitrogens with zero attached hydrogens (tertiary/aromatic N) is 1. The van der Waals surface area contributed by atoms with Crippen molar-refractivity contribution in [2.45, 2.75) is 38.8 Å². The Kier molecular flexibility index (Phi) is 6.97. The molecular formula is C18H22N4O3S. The number of hydrogen-bond acceptors (Lipinski definition) is 5. The number of carbonyl (C=O) groups excluding carboxylic acids is 2. The standard InChI is InChI=1S/C18H22N4O3S/c1-4-14-11(3)19-18(22-17(14)25)26-10-16(24)21-13-8-6-7-12(9-13)20-15(23)5-2/h6-9H,4-5,10H2,1-3H3,(H,20,23)(H,21,24)(H,19,22,25). The molecule has 1 aromatic heterocycles. The summed E-state index contributed by atoms with van der Waals surface area (Å²) in [5.74, 6) is -0.210. The maximum Gasteiger partial charge on any atom is 0.254 e. The molecule has 2 aromatic rings. The van der Waals surface area contributed by atoms with Gasteiger partial charge in [0.2, 0.25) is 11.8 Å². The van der Waals surface area contributed by atoms with Crippen molar-refractivity contribution in [1.29, 1.82) is 0 Å². The molecule has 0 aliphatic rings. The number of benzene rings is 1. The number of aromatic amines is 1. The van der Waals surface area contributed by atoms with Crippen LogP contribution in [0.4, 0.5) is 11.4 Å². The number of aryl methyl sites for hydroxylation is 1. The summed E-state index contributed by atoms with van der Waals surface area (Å²) in [7, 11) is 0. The SMILES string of the molecule is CCC(=O)Nc1cccc(NC(=O)CSc2nc(C)c(CC)c(=O)[nH]2)c1. The van der Waals surface area contributed by atoms with Crippen molar-refractivity contribution in [1.82, 2.24) is 9.97 Å². The van der Waals surface area contributed by atoms with Crippen LogP contribution >= 0.6 is 11.8 Å². The van der Waals surface area contributed by atoms with E-state index < -0.39 is 0 Å². The van der Waals surface area contributed by atoms with Gasteiger partial charge >= 0.3 is 0 Å². The normalized spacial score (nSPS) is 10.4. The van der Waals surface area contributed by atoms with Crippen molar-refractivity contribution >= 4 is 35.0 Å². The van der Waals surface area contributed by atoms with Gasteiger partial charge in [0.25, 0.3) is 5.56 Å². The lowest BCUT2D eigenvalue weighted by molar-refractivity contribution is -0.116. The highest BCUT2D eigenvalue weighted by Crippen LogP contribution is 2.17. The molecule has 2 amide bonds. The minimum Gasteiger partial charge on any atom is -0.326 e. The van der Waals surface area contributed by atoms with Crippen molar-refractivity contribution in [2.24, 2.45) is 0 Å². The second-order valence-electron chi connectivity index (χ2n) is 5.61. The Bertz CT molecular complexity index is 864. The van der Waals surface area contributed by atoms with Crippen molar-refractivity contribution in [3.63, 3.8) is 0 Å². The number of amides is 2. The van der Waals surface area contributed by atoms with E-state index >= 15 is 0 Å². The minimum absolute atomic E-state index is 0.0926. The van der Waals surface area contributed by atoms with Crippen LogP contribution in [-0.2, 0) is 16.0 Å². The van der Waals surface area contributed by atoms with E-state index in [1.165, 1.54) is 11.8 Å². The first-order valence-corrected chi connectivity index (χ1v) is 9.33. The first-order valence-electron chi connectivity index (χ1n) is 8.35. The van der Waals surface area contributed by atoms with Crippen LogP contribution in [0.1, 0.15) is 31.5 Å². The molecule has 138 valence electrons. The summed E-state index contributed by atoms with van der Waals surface area (Å²) in [4.78, 5) is 42.5. The number of nitrogens with one attached hydrogen (secondary N) is 3. The summed E-state index contributed by atoms with van der Waals surface area (Å²) >= 11 is 1.17. The van der Waals surface area contributed by atoms with E-state index in [1.807, 2.05) is 6.92 Å². The Morgan fingerprint density at radius 1 is 1.15 bits per heavy atom. The molecule has 26 heavy (non-hydrogen) atoms. The fourth-order valence-electron chi connectivity index (χ4n) is 2.32. The Morgan fingerprint density at radius 3 is 2.38 bits per heavy atom. The summed E-state index contributed by atoms with van der Waals surface area (Å²) in [6, 6.07) is 6.94. The Balaban J connectivity index is 1.96. The van der Waals surface area contributed by atoms with E-state index in [2.05, 4.69) is 20.6 Å². The topological polar surface area (TPSA) is 104 Å². The van der Waals surface area contributed by atoms with Gasteiger partial charge in [-0.05, 0) is 31.5 Å². The molecule has 0 atom stereocenters. The molecular weight excluding hydrogens is 352 g/mol. The van der Waals surface area contributed by atoms with Crippen LogP contribution < -0.4 is 16.2 Å². The monoisotopic (exact) mass is 374 g/mol. The van der Waals surface area contributed by atoms with E-state index in [-0.39, 0.29) is 23.1 Å². The average Bonchev–Trinajstić information content (AvgIpc) is 2.60. The number of hydrogen-bond donors (Lipinski definition) is 3. The lowest BCUT2D eigenvalue weighted by Crippen LogP contribution is -2.18. The van der Waals surface area contributed by atoms with Crippen molar-refractivity contribution in [3.8, 4) is 0 Å². The van der Waals surface area contributed by atoms with Gasteiger partial charge in [-0.25, -0.2) is 4.98 Å². The zero-order chi connectivity index (χ0) is 19.1. The molecule has 8 heteroatoms. The molecule has 1 aromatic carbocycles. The Morgan fingerprint density at radius 2 is 1.81 bits per heavy atom. The van der Waals surface area contributed by atoms with E-state index in [0.717, 1.165) is 0 Å². The Hall–Kier alpha value is -2.61. The van der Waals surface area contributed by atoms with Crippen LogP contribution in [0.25, 0.3) is 0 Å². The molecule has 0 aliphatic heterocycles. The number of anilines is 2. The first kappa shape index (κ1) is 19.7. The lowest BCUT2D eigenvalue weighted by atomic mass is 10.2. The molecule has 3 N–H and O–H groups in total. The molecule has 0 aliphatic carbocycles. The third-order valence-electron chi connectivity index (χ3n) is 3.65. The van der Waals surface area contributed by atoms with E-state index in [0.29, 0.717) is 40.6 Å². The predicted octanol–water partition coefficient (Wildman–Crippen LogP) is 2.72. The molecule has 0 saturated heterocycles. The van der Waals surface area contributed by atoms with Crippen molar-refractivity contribution < 1.29 is 9.59 Å². The van der Waals surface area contributed by atoms with Gasteiger partial charge in [-0.1, -0.05) is 31.7 Å². The second kappa shape index (κ2) is 9.19. The zero-order valence-electron chi connectivity index (χ0n) is 15.0. The molecule has 0 unspecified atom stereocenters. The largest absolute Gasteiger partial charge is 0.326 e. The molecule has 0 fully saturated rings. The predicted molar refractivity (Wildman–Crippen MR) is 104 cm³/mol. The highest BCUT2D eigenvalue weighted by molar-refractivity contribution is 7.99. The zero-order valence-corrected chi connectivity index (χ0v) is 15.8. The smallest absolute Gasteiger partial charge is 0.254 e. The quantitative estimate of drug-likeness (QED) is 0.511. The van der Waals surface area contributed by atoms with Gasteiger partial charge in [-0.2, -0.15) is 0 Å². The van der Waals surface area contributed by atoms with E-state index in [4.69, 9.17) is 0 Å². The Labute approximate surface area is 156 Å². The number of aromatic nitrogens is 2. The van der Waals surface area contributed by atoms with Gasteiger partial charge in [0.1, 0.15) is 0 Å². The fourth-order valence-corrected chi connectivity index (χ4v) is 3.03. The van der Waals surface area contributed by atoms with Crippen LogP contribution in [0.2, 0.25) is 0 Å².